The van der Waals surface area contributed by atoms with Gasteiger partial charge in [-0.1, -0.05) is 11.6 Å². The average molecular weight is 318 g/mol. The highest BCUT2D eigenvalue weighted by molar-refractivity contribution is 14.1. The van der Waals surface area contributed by atoms with Crippen LogP contribution in [0.25, 0.3) is 0 Å². The van der Waals surface area contributed by atoms with E-state index < -0.39 is 11.6 Å². The van der Waals surface area contributed by atoms with Crippen molar-refractivity contribution in [2.45, 2.75) is 0 Å². The first-order valence-electron chi connectivity index (χ1n) is 3.45. The summed E-state index contributed by atoms with van der Waals surface area (Å²) in [5, 5.41) is 0.0837. The van der Waals surface area contributed by atoms with Crippen molar-refractivity contribution >= 4 is 39.9 Å². The van der Waals surface area contributed by atoms with Crippen LogP contribution in [0.5, 0.6) is 0 Å². The average Bonchev–Trinajstić information content (AvgIpc) is 1.99. The van der Waals surface area contributed by atoms with Gasteiger partial charge < -0.3 is 4.90 Å². The Kier molecular flexibility index (Phi) is 3.34. The monoisotopic (exact) mass is 317 g/mol. The van der Waals surface area contributed by atoms with Crippen LogP contribution in [-0.2, 0) is 0 Å². The van der Waals surface area contributed by atoms with E-state index in [4.69, 9.17) is 11.6 Å². The second kappa shape index (κ2) is 3.96. The molecule has 0 N–H and O–H groups in total. The number of halogens is 4. The molecule has 0 fully saturated rings. The lowest BCUT2D eigenvalue weighted by Gasteiger charge is -2.16. The standard InChI is InChI=1S/C8H7ClF2IN/c1-13(2)8-4(9)3-5(10)7(12)6(8)11/h3H,1-2H3. The summed E-state index contributed by atoms with van der Waals surface area (Å²) in [6.45, 7) is 0. The van der Waals surface area contributed by atoms with E-state index >= 15 is 0 Å². The molecule has 72 valence electrons. The van der Waals surface area contributed by atoms with Crippen molar-refractivity contribution in [3.8, 4) is 0 Å². The summed E-state index contributed by atoms with van der Waals surface area (Å²) >= 11 is 7.29. The van der Waals surface area contributed by atoms with Gasteiger partial charge in [0.25, 0.3) is 0 Å². The fourth-order valence-corrected chi connectivity index (χ4v) is 1.73. The fourth-order valence-electron chi connectivity index (χ4n) is 0.967. The third-order valence-corrected chi connectivity index (χ3v) is 2.81. The van der Waals surface area contributed by atoms with E-state index in [0.717, 1.165) is 6.07 Å². The van der Waals surface area contributed by atoms with Crippen molar-refractivity contribution in [1.29, 1.82) is 0 Å². The van der Waals surface area contributed by atoms with Crippen LogP contribution in [0.4, 0.5) is 14.5 Å². The van der Waals surface area contributed by atoms with E-state index in [1.165, 1.54) is 4.90 Å². The highest BCUT2D eigenvalue weighted by Crippen LogP contribution is 2.32. The van der Waals surface area contributed by atoms with Gasteiger partial charge in [0.15, 0.2) is 5.82 Å². The molecule has 0 radical (unpaired) electrons. The fraction of sp³-hybridized carbons (Fsp3) is 0.250. The molecule has 0 aliphatic heterocycles. The van der Waals surface area contributed by atoms with Crippen LogP contribution in [0.2, 0.25) is 5.02 Å². The molecule has 0 spiro atoms. The smallest absolute Gasteiger partial charge is 0.164 e. The van der Waals surface area contributed by atoms with Crippen LogP contribution in [0.3, 0.4) is 0 Å². The van der Waals surface area contributed by atoms with E-state index in [2.05, 4.69) is 0 Å². The number of hydrogen-bond donors (Lipinski definition) is 0. The molecule has 1 aromatic rings. The number of benzene rings is 1. The molecule has 1 rings (SSSR count). The Balaban J connectivity index is 3.44. The molecule has 0 saturated carbocycles. The number of rotatable bonds is 1. The Morgan fingerprint density at radius 3 is 2.38 bits per heavy atom. The summed E-state index contributed by atoms with van der Waals surface area (Å²) in [6, 6.07) is 1.11. The van der Waals surface area contributed by atoms with Gasteiger partial charge in [0, 0.05) is 14.1 Å². The van der Waals surface area contributed by atoms with E-state index in [0.29, 0.717) is 0 Å². The molecule has 0 heterocycles. The molecule has 0 aromatic heterocycles. The zero-order valence-corrected chi connectivity index (χ0v) is 9.95. The quantitative estimate of drug-likeness (QED) is 0.436. The predicted octanol–water partition coefficient (Wildman–Crippen LogP) is 3.29. The maximum atomic E-state index is 13.4. The van der Waals surface area contributed by atoms with Crippen LogP contribution in [0.15, 0.2) is 6.07 Å². The van der Waals surface area contributed by atoms with Gasteiger partial charge in [0.2, 0.25) is 0 Å². The van der Waals surface area contributed by atoms with Crippen molar-refractivity contribution in [2.75, 3.05) is 19.0 Å². The second-order valence-corrected chi connectivity index (χ2v) is 4.20. The van der Waals surface area contributed by atoms with E-state index in [-0.39, 0.29) is 14.3 Å². The zero-order valence-electron chi connectivity index (χ0n) is 7.04. The third kappa shape index (κ3) is 2.04. The highest BCUT2D eigenvalue weighted by atomic mass is 127. The maximum Gasteiger partial charge on any atom is 0.164 e. The molecular weight excluding hydrogens is 310 g/mol. The van der Waals surface area contributed by atoms with Gasteiger partial charge in [-0.15, -0.1) is 0 Å². The van der Waals surface area contributed by atoms with Gasteiger partial charge in [-0.2, -0.15) is 0 Å². The molecule has 0 saturated heterocycles. The molecule has 1 nitrogen and oxygen atoms in total. The van der Waals surface area contributed by atoms with Gasteiger partial charge in [0.05, 0.1) is 14.3 Å². The molecule has 0 bridgehead atoms. The SMILES string of the molecule is CN(C)c1c(Cl)cc(F)c(I)c1F. The van der Waals surface area contributed by atoms with Gasteiger partial charge in [-0.3, -0.25) is 0 Å². The molecule has 0 aliphatic rings. The van der Waals surface area contributed by atoms with Gasteiger partial charge in [0.1, 0.15) is 5.82 Å². The summed E-state index contributed by atoms with van der Waals surface area (Å²) in [7, 11) is 3.30. The maximum absolute atomic E-state index is 13.4. The summed E-state index contributed by atoms with van der Waals surface area (Å²) in [5.74, 6) is -1.25. The summed E-state index contributed by atoms with van der Waals surface area (Å²) in [6.07, 6.45) is 0. The molecule has 0 unspecified atom stereocenters. The van der Waals surface area contributed by atoms with Crippen molar-refractivity contribution in [1.82, 2.24) is 0 Å². The Hall–Kier alpha value is -0.100. The molecular formula is C8H7ClF2IN. The van der Waals surface area contributed by atoms with Crippen LogP contribution < -0.4 is 4.90 Å². The van der Waals surface area contributed by atoms with E-state index in [1.54, 1.807) is 36.7 Å². The third-order valence-electron chi connectivity index (χ3n) is 1.54. The van der Waals surface area contributed by atoms with Gasteiger partial charge in [-0.25, -0.2) is 8.78 Å². The minimum atomic E-state index is -0.631. The lowest BCUT2D eigenvalue weighted by Crippen LogP contribution is -2.12. The zero-order chi connectivity index (χ0) is 10.2. The van der Waals surface area contributed by atoms with Crippen LogP contribution in [0, 0.1) is 15.2 Å². The predicted molar refractivity (Wildman–Crippen MR) is 58.4 cm³/mol. The van der Waals surface area contributed by atoms with Crippen LogP contribution in [0.1, 0.15) is 0 Å². The lowest BCUT2D eigenvalue weighted by molar-refractivity contribution is 0.570. The lowest BCUT2D eigenvalue weighted by atomic mass is 10.3. The minimum absolute atomic E-state index is 0.0364. The first-order valence-corrected chi connectivity index (χ1v) is 4.91. The van der Waals surface area contributed by atoms with Crippen molar-refractivity contribution in [3.05, 3.63) is 26.3 Å². The highest BCUT2D eigenvalue weighted by Gasteiger charge is 2.16. The number of nitrogens with zero attached hydrogens (tertiary/aromatic N) is 1. The topological polar surface area (TPSA) is 3.24 Å². The Morgan fingerprint density at radius 1 is 1.38 bits per heavy atom. The first kappa shape index (κ1) is 11.0. The van der Waals surface area contributed by atoms with Crippen molar-refractivity contribution < 1.29 is 8.78 Å². The normalized spacial score (nSPS) is 10.3. The Morgan fingerprint density at radius 2 is 1.92 bits per heavy atom. The second-order valence-electron chi connectivity index (χ2n) is 2.71. The van der Waals surface area contributed by atoms with E-state index in [1.807, 2.05) is 0 Å². The molecule has 0 atom stereocenters. The molecule has 1 aromatic carbocycles. The van der Waals surface area contributed by atoms with Gasteiger partial charge >= 0.3 is 0 Å². The Labute approximate surface area is 93.8 Å². The molecule has 5 heteroatoms. The summed E-state index contributed by atoms with van der Waals surface area (Å²) in [4.78, 5) is 1.51. The molecule has 0 amide bonds. The number of anilines is 1. The first-order chi connectivity index (χ1) is 5.95. The molecule has 0 aliphatic carbocycles. The minimum Gasteiger partial charge on any atom is -0.374 e. The van der Waals surface area contributed by atoms with Gasteiger partial charge in [-0.05, 0) is 28.7 Å². The molecule has 13 heavy (non-hydrogen) atoms. The van der Waals surface area contributed by atoms with E-state index in [9.17, 15) is 8.78 Å². The Bertz CT molecular complexity index is 341. The van der Waals surface area contributed by atoms with Crippen LogP contribution in [-0.4, -0.2) is 14.1 Å². The summed E-state index contributed by atoms with van der Waals surface area (Å²) < 4.78 is 26.3. The largest absolute Gasteiger partial charge is 0.374 e. The van der Waals surface area contributed by atoms with Crippen molar-refractivity contribution in [3.63, 3.8) is 0 Å². The van der Waals surface area contributed by atoms with Crippen LogP contribution >= 0.6 is 34.2 Å². The summed E-state index contributed by atoms with van der Waals surface area (Å²) in [5.41, 5.74) is 0.215. The van der Waals surface area contributed by atoms with Crippen molar-refractivity contribution in [2.24, 2.45) is 0 Å². The number of hydrogen-bond acceptors (Lipinski definition) is 1.